The maximum absolute atomic E-state index is 13.6. The maximum atomic E-state index is 13.6. The number of amides is 2. The van der Waals surface area contributed by atoms with Gasteiger partial charge in [-0.25, -0.2) is 4.79 Å². The summed E-state index contributed by atoms with van der Waals surface area (Å²) in [6, 6.07) is 12.5. The van der Waals surface area contributed by atoms with E-state index < -0.39 is 114 Å². The van der Waals surface area contributed by atoms with Crippen molar-refractivity contribution in [1.82, 2.24) is 5.32 Å². The van der Waals surface area contributed by atoms with E-state index in [0.29, 0.717) is 5.69 Å². The Morgan fingerprint density at radius 3 is 2.20 bits per heavy atom. The van der Waals surface area contributed by atoms with Crippen molar-refractivity contribution in [2.24, 2.45) is 0 Å². The summed E-state index contributed by atoms with van der Waals surface area (Å²) in [5.74, 6) is -5.37. The number of benzene rings is 3. The standard InChI is InChI=1S/C34H31F3N2O11/c1-15-26(40)20(39-31(45)34(35,36)37)11-22(49-15)50-21-13-33(47,14-48-32(46)38-16-7-3-2-4-8-16)12-19-23(21)30(44)25-24(29(19)43)27(41)17-9-5-6-10-18(17)28(25)42/h2-10,15,20-22,26,40,43-44,47H,11-14H2,1H3,(H,38,46)(H,39,45)/t15-,20+,21+,22+,26+,33?/m1/s1. The molecule has 0 saturated carbocycles. The van der Waals surface area contributed by atoms with Gasteiger partial charge in [0.1, 0.15) is 29.8 Å². The van der Waals surface area contributed by atoms with Gasteiger partial charge in [0.05, 0.1) is 29.4 Å². The Morgan fingerprint density at radius 2 is 1.58 bits per heavy atom. The highest BCUT2D eigenvalue weighted by molar-refractivity contribution is 6.30. The van der Waals surface area contributed by atoms with Gasteiger partial charge < -0.3 is 40.0 Å². The Labute approximate surface area is 281 Å². The highest BCUT2D eigenvalue weighted by atomic mass is 19.4. The lowest BCUT2D eigenvalue weighted by atomic mass is 9.73. The average molecular weight is 701 g/mol. The number of phenols is 2. The number of carbonyl (C=O) groups excluding carboxylic acids is 4. The molecule has 16 heteroatoms. The molecule has 2 aliphatic carbocycles. The first-order valence-corrected chi connectivity index (χ1v) is 15.4. The second-order valence-electron chi connectivity index (χ2n) is 12.4. The molecule has 6 rings (SSSR count). The van der Waals surface area contributed by atoms with Gasteiger partial charge in [0, 0.05) is 47.2 Å². The van der Waals surface area contributed by atoms with Crippen LogP contribution in [0, 0.1) is 0 Å². The number of hydrogen-bond acceptors (Lipinski definition) is 11. The first-order chi connectivity index (χ1) is 23.6. The number of aromatic hydroxyl groups is 2. The number of rotatable bonds is 6. The number of aliphatic hydroxyl groups is 2. The fourth-order valence-corrected chi connectivity index (χ4v) is 6.57. The number of aliphatic hydroxyl groups excluding tert-OH is 1. The third-order valence-electron chi connectivity index (χ3n) is 8.94. The fraction of sp³-hybridized carbons (Fsp3) is 0.353. The molecule has 1 fully saturated rings. The third-order valence-corrected chi connectivity index (χ3v) is 8.94. The van der Waals surface area contributed by atoms with Gasteiger partial charge in [-0.3, -0.25) is 19.7 Å². The van der Waals surface area contributed by atoms with Crippen molar-refractivity contribution in [2.45, 2.75) is 68.6 Å². The molecule has 0 radical (unpaired) electrons. The van der Waals surface area contributed by atoms with Crippen LogP contribution >= 0.6 is 0 Å². The topological polar surface area (TPSA) is 201 Å². The Morgan fingerprint density at radius 1 is 0.980 bits per heavy atom. The van der Waals surface area contributed by atoms with E-state index >= 15 is 0 Å². The molecule has 3 aliphatic rings. The molecule has 0 spiro atoms. The third kappa shape index (κ3) is 6.49. The van der Waals surface area contributed by atoms with Crippen molar-refractivity contribution < 1.29 is 67.0 Å². The summed E-state index contributed by atoms with van der Waals surface area (Å²) in [5.41, 5.74) is -3.22. The van der Waals surface area contributed by atoms with Gasteiger partial charge in [0.25, 0.3) is 0 Å². The first kappa shape index (κ1) is 34.8. The number of ether oxygens (including phenoxy) is 3. The quantitative estimate of drug-likeness (QED) is 0.161. The van der Waals surface area contributed by atoms with Gasteiger partial charge in [-0.1, -0.05) is 42.5 Å². The summed E-state index contributed by atoms with van der Waals surface area (Å²) < 4.78 is 56.2. The monoisotopic (exact) mass is 700 g/mol. The van der Waals surface area contributed by atoms with Crippen molar-refractivity contribution in [3.8, 4) is 11.5 Å². The molecule has 0 aromatic heterocycles. The Kier molecular flexibility index (Phi) is 9.07. The van der Waals surface area contributed by atoms with Crippen molar-refractivity contribution in [2.75, 3.05) is 11.9 Å². The predicted molar refractivity (Wildman–Crippen MR) is 165 cm³/mol. The van der Waals surface area contributed by atoms with Crippen LogP contribution in [0.4, 0.5) is 23.7 Å². The Hall–Kier alpha value is -5.03. The summed E-state index contributed by atoms with van der Waals surface area (Å²) in [6.45, 7) is 0.613. The number of para-hydroxylation sites is 1. The van der Waals surface area contributed by atoms with Crippen molar-refractivity contribution in [1.29, 1.82) is 0 Å². The lowest BCUT2D eigenvalue weighted by molar-refractivity contribution is -0.252. The van der Waals surface area contributed by atoms with E-state index in [2.05, 4.69) is 5.32 Å². The molecule has 0 bridgehead atoms. The van der Waals surface area contributed by atoms with E-state index in [9.17, 15) is 52.8 Å². The molecule has 50 heavy (non-hydrogen) atoms. The molecule has 13 nitrogen and oxygen atoms in total. The summed E-state index contributed by atoms with van der Waals surface area (Å²) in [5, 5.41) is 49.7. The molecule has 1 aliphatic heterocycles. The highest BCUT2D eigenvalue weighted by Gasteiger charge is 2.49. The lowest BCUT2D eigenvalue weighted by Gasteiger charge is -2.43. The van der Waals surface area contributed by atoms with Crippen molar-refractivity contribution in [3.63, 3.8) is 0 Å². The second kappa shape index (κ2) is 13.0. The molecular weight excluding hydrogens is 669 g/mol. The molecule has 3 aromatic rings. The van der Waals surface area contributed by atoms with E-state index in [1.165, 1.54) is 31.2 Å². The van der Waals surface area contributed by atoms with E-state index in [-0.39, 0.29) is 22.3 Å². The Balaban J connectivity index is 1.36. The van der Waals surface area contributed by atoms with Gasteiger partial charge in [0.15, 0.2) is 17.9 Å². The molecule has 6 atom stereocenters. The minimum Gasteiger partial charge on any atom is -0.507 e. The number of nitrogens with one attached hydrogen (secondary N) is 2. The molecular formula is C34H31F3N2O11. The summed E-state index contributed by atoms with van der Waals surface area (Å²) >= 11 is 0. The number of phenolic OH excluding ortho intramolecular Hbond substituents is 2. The zero-order chi connectivity index (χ0) is 36.1. The van der Waals surface area contributed by atoms with Crippen LogP contribution in [0.1, 0.15) is 68.8 Å². The minimum atomic E-state index is -5.26. The molecule has 264 valence electrons. The molecule has 1 saturated heterocycles. The van der Waals surface area contributed by atoms with Gasteiger partial charge in [-0.15, -0.1) is 0 Å². The zero-order valence-electron chi connectivity index (χ0n) is 26.2. The zero-order valence-corrected chi connectivity index (χ0v) is 26.2. The summed E-state index contributed by atoms with van der Waals surface area (Å²) in [4.78, 5) is 51.5. The minimum absolute atomic E-state index is 0.0328. The molecule has 3 aromatic carbocycles. The van der Waals surface area contributed by atoms with E-state index in [1.54, 1.807) is 35.6 Å². The van der Waals surface area contributed by atoms with Gasteiger partial charge in [-0.2, -0.15) is 13.2 Å². The van der Waals surface area contributed by atoms with E-state index in [0.717, 1.165) is 0 Å². The van der Waals surface area contributed by atoms with Crippen LogP contribution < -0.4 is 10.6 Å². The average Bonchev–Trinajstić information content (AvgIpc) is 3.06. The smallest absolute Gasteiger partial charge is 0.471 e. The molecule has 1 unspecified atom stereocenters. The maximum Gasteiger partial charge on any atom is 0.471 e. The van der Waals surface area contributed by atoms with Crippen LogP contribution in [0.5, 0.6) is 11.5 Å². The predicted octanol–water partition coefficient (Wildman–Crippen LogP) is 3.40. The highest BCUT2D eigenvalue weighted by Crippen LogP contribution is 2.52. The van der Waals surface area contributed by atoms with Crippen molar-refractivity contribution in [3.05, 3.63) is 88.0 Å². The van der Waals surface area contributed by atoms with Crippen LogP contribution in [-0.4, -0.2) is 86.9 Å². The number of halogens is 3. The van der Waals surface area contributed by atoms with E-state index in [1.807, 2.05) is 0 Å². The van der Waals surface area contributed by atoms with Gasteiger partial charge in [0.2, 0.25) is 0 Å². The van der Waals surface area contributed by atoms with Gasteiger partial charge >= 0.3 is 18.2 Å². The lowest BCUT2D eigenvalue weighted by Crippen LogP contribution is -2.57. The fourth-order valence-electron chi connectivity index (χ4n) is 6.57. The normalized spacial score (nSPS) is 25.9. The number of alkyl halides is 3. The largest absolute Gasteiger partial charge is 0.507 e. The summed E-state index contributed by atoms with van der Waals surface area (Å²) in [6.07, 6.45) is -13.5. The van der Waals surface area contributed by atoms with Crippen LogP contribution in [0.2, 0.25) is 0 Å². The molecule has 2 amide bonds. The van der Waals surface area contributed by atoms with Crippen LogP contribution in [0.3, 0.4) is 0 Å². The van der Waals surface area contributed by atoms with Gasteiger partial charge in [-0.05, 0) is 19.1 Å². The Bertz CT molecular complexity index is 1870. The number of fused-ring (bicyclic) bond motifs is 3. The molecule has 6 N–H and O–H groups in total. The number of carbonyl (C=O) groups is 4. The molecule has 1 heterocycles. The number of anilines is 1. The van der Waals surface area contributed by atoms with Crippen LogP contribution in [-0.2, 0) is 25.4 Å². The SMILES string of the molecule is C[C@H]1O[C@@H](O[C@H]2CC(O)(COC(=O)Nc3ccccc3)Cc3c(O)c4c(c(O)c32)C(=O)c2ccccc2C4=O)C[C@H](NC(=O)C(F)(F)F)[C@H]1O. The van der Waals surface area contributed by atoms with Crippen LogP contribution in [0.15, 0.2) is 54.6 Å². The van der Waals surface area contributed by atoms with Crippen molar-refractivity contribution >= 4 is 29.3 Å². The number of ketones is 2. The number of hydrogen-bond donors (Lipinski definition) is 6. The summed E-state index contributed by atoms with van der Waals surface area (Å²) in [7, 11) is 0. The first-order valence-electron chi connectivity index (χ1n) is 15.4. The van der Waals surface area contributed by atoms with Crippen LogP contribution in [0.25, 0.3) is 0 Å². The second-order valence-corrected chi connectivity index (χ2v) is 12.4. The van der Waals surface area contributed by atoms with E-state index in [4.69, 9.17) is 14.2 Å².